The molecule has 10 nitrogen and oxygen atoms in total. The van der Waals surface area contributed by atoms with Gasteiger partial charge in [0.1, 0.15) is 0 Å². The summed E-state index contributed by atoms with van der Waals surface area (Å²) < 4.78 is 0. The van der Waals surface area contributed by atoms with Crippen LogP contribution in [0.25, 0.3) is 21.8 Å². The molecule has 3 heterocycles. The van der Waals surface area contributed by atoms with Crippen molar-refractivity contribution in [3.63, 3.8) is 0 Å². The lowest BCUT2D eigenvalue weighted by Gasteiger charge is -2.32. The molecule has 1 atom stereocenters. The highest BCUT2D eigenvalue weighted by Gasteiger charge is 2.27. The van der Waals surface area contributed by atoms with Crippen LogP contribution in [0.1, 0.15) is 42.5 Å². The molecule has 2 aromatic carbocycles. The summed E-state index contributed by atoms with van der Waals surface area (Å²) in [5, 5.41) is 10.4. The van der Waals surface area contributed by atoms with Crippen molar-refractivity contribution in [3.8, 4) is 0 Å². The monoisotopic (exact) mass is 552 g/mol. The maximum Gasteiger partial charge on any atom is 0.218 e. The fourth-order valence-corrected chi connectivity index (χ4v) is 5.05. The average molecular weight is 553 g/mol. The number of fused-ring (bicyclic) bond motifs is 2. The first-order valence-electron chi connectivity index (χ1n) is 13.9. The van der Waals surface area contributed by atoms with E-state index < -0.39 is 6.17 Å². The number of aliphatic imine (C=N–C) groups is 2. The first kappa shape index (κ1) is 28.3. The van der Waals surface area contributed by atoms with E-state index in [0.29, 0.717) is 24.5 Å². The van der Waals surface area contributed by atoms with E-state index >= 15 is 0 Å². The summed E-state index contributed by atoms with van der Waals surface area (Å²) in [4.78, 5) is 23.7. The van der Waals surface area contributed by atoms with Gasteiger partial charge in [0.25, 0.3) is 0 Å². The van der Waals surface area contributed by atoms with Gasteiger partial charge in [0, 0.05) is 73.3 Å². The van der Waals surface area contributed by atoms with E-state index in [4.69, 9.17) is 25.8 Å². The highest BCUT2D eigenvalue weighted by molar-refractivity contribution is 6.09. The van der Waals surface area contributed by atoms with Gasteiger partial charge in [0.2, 0.25) is 5.96 Å². The molecule has 2 aromatic heterocycles. The Labute approximate surface area is 242 Å². The zero-order valence-corrected chi connectivity index (χ0v) is 25.2. The first-order valence-corrected chi connectivity index (χ1v) is 13.9. The van der Waals surface area contributed by atoms with Gasteiger partial charge in [-0.3, -0.25) is 20.3 Å². The molecule has 0 radical (unpaired) electrons. The highest BCUT2D eigenvalue weighted by Crippen LogP contribution is 2.33. The van der Waals surface area contributed by atoms with Crippen molar-refractivity contribution in [1.29, 1.82) is 0 Å². The van der Waals surface area contributed by atoms with Crippen molar-refractivity contribution >= 4 is 45.0 Å². The number of anilines is 2. The highest BCUT2D eigenvalue weighted by atomic mass is 15.5. The fourth-order valence-electron chi connectivity index (χ4n) is 5.05. The number of amidine groups is 1. The molecule has 10 heteroatoms. The molecule has 0 saturated heterocycles. The van der Waals surface area contributed by atoms with E-state index in [-0.39, 0.29) is 0 Å². The predicted molar refractivity (Wildman–Crippen MR) is 171 cm³/mol. The molecule has 0 amide bonds. The Morgan fingerprint density at radius 2 is 1.44 bits per heavy atom. The number of benzene rings is 2. The zero-order chi connectivity index (χ0) is 29.4. The van der Waals surface area contributed by atoms with E-state index in [2.05, 4.69) is 58.5 Å². The SMILES string of the molecule is Cc1cc(N(C)C)c2cc(C3=NC(c4ccc5nc(C)cc(N(C)C)c5c4)N(N)C(NCNC(C)C)=N3)ccc2n1. The second kappa shape index (κ2) is 11.3. The Balaban J connectivity index is 1.64. The Morgan fingerprint density at radius 1 is 0.854 bits per heavy atom. The van der Waals surface area contributed by atoms with Gasteiger partial charge in [-0.2, -0.15) is 4.99 Å². The second-order valence-corrected chi connectivity index (χ2v) is 11.2. The molecular weight excluding hydrogens is 512 g/mol. The number of hydrazine groups is 1. The van der Waals surface area contributed by atoms with Crippen molar-refractivity contribution in [2.45, 2.75) is 39.9 Å². The number of pyridine rings is 2. The minimum Gasteiger partial charge on any atom is -0.377 e. The smallest absolute Gasteiger partial charge is 0.218 e. The van der Waals surface area contributed by atoms with Crippen LogP contribution < -0.4 is 26.3 Å². The quantitative estimate of drug-likeness (QED) is 0.233. The number of aromatic nitrogens is 2. The molecule has 0 spiro atoms. The molecule has 1 aliphatic rings. The molecule has 1 unspecified atom stereocenters. The summed E-state index contributed by atoms with van der Waals surface area (Å²) in [6, 6.07) is 16.9. The van der Waals surface area contributed by atoms with Crippen LogP contribution >= 0.6 is 0 Å². The molecule has 4 aromatic rings. The van der Waals surface area contributed by atoms with Crippen molar-refractivity contribution < 1.29 is 0 Å². The van der Waals surface area contributed by atoms with Crippen molar-refractivity contribution in [2.24, 2.45) is 15.8 Å². The summed E-state index contributed by atoms with van der Waals surface area (Å²) in [6.45, 7) is 8.74. The molecule has 4 N–H and O–H groups in total. The Kier molecular flexibility index (Phi) is 7.79. The number of nitrogens with two attached hydrogens (primary N) is 1. The second-order valence-electron chi connectivity index (χ2n) is 11.2. The summed E-state index contributed by atoms with van der Waals surface area (Å²) in [7, 11) is 8.17. The minimum absolute atomic E-state index is 0.309. The van der Waals surface area contributed by atoms with Gasteiger partial charge >= 0.3 is 0 Å². The average Bonchev–Trinajstić information content (AvgIpc) is 2.92. The molecular formula is C31H40N10. The van der Waals surface area contributed by atoms with Crippen LogP contribution in [-0.2, 0) is 0 Å². The summed E-state index contributed by atoms with van der Waals surface area (Å²) in [5.74, 6) is 7.85. The Bertz CT molecular complexity index is 1650. The number of nitrogens with one attached hydrogen (secondary N) is 2. The fraction of sp³-hybridized carbons (Fsp3) is 0.355. The van der Waals surface area contributed by atoms with Crippen molar-refractivity contribution in [3.05, 3.63) is 71.0 Å². The lowest BCUT2D eigenvalue weighted by molar-refractivity contribution is 0.318. The third-order valence-electron chi connectivity index (χ3n) is 7.10. The molecule has 0 fully saturated rings. The van der Waals surface area contributed by atoms with E-state index in [9.17, 15) is 0 Å². The summed E-state index contributed by atoms with van der Waals surface area (Å²) in [6.07, 6.45) is -0.495. The van der Waals surface area contributed by atoms with Crippen molar-refractivity contribution in [1.82, 2.24) is 25.6 Å². The van der Waals surface area contributed by atoms with Crippen LogP contribution in [0.3, 0.4) is 0 Å². The number of rotatable bonds is 7. The number of hydrogen-bond donors (Lipinski definition) is 3. The van der Waals surface area contributed by atoms with Crippen molar-refractivity contribution in [2.75, 3.05) is 44.7 Å². The van der Waals surface area contributed by atoms with Gasteiger partial charge < -0.3 is 15.1 Å². The van der Waals surface area contributed by atoms with E-state index in [0.717, 1.165) is 55.7 Å². The van der Waals surface area contributed by atoms with Crippen LogP contribution in [0.15, 0.2) is 58.5 Å². The van der Waals surface area contributed by atoms with Gasteiger partial charge in [-0.05, 0) is 75.7 Å². The molecule has 5 rings (SSSR count). The van der Waals surface area contributed by atoms with Crippen LogP contribution in [0.5, 0.6) is 0 Å². The lowest BCUT2D eigenvalue weighted by Crippen LogP contribution is -2.52. The normalized spacial score (nSPS) is 15.4. The van der Waals surface area contributed by atoms with Gasteiger partial charge in [-0.15, -0.1) is 0 Å². The Hall–Kier alpha value is -4.28. The van der Waals surface area contributed by atoms with Gasteiger partial charge in [0.05, 0.1) is 17.7 Å². The summed E-state index contributed by atoms with van der Waals surface area (Å²) in [5.41, 5.74) is 7.85. The predicted octanol–water partition coefficient (Wildman–Crippen LogP) is 4.07. The van der Waals surface area contributed by atoms with E-state index in [1.165, 1.54) is 0 Å². The van der Waals surface area contributed by atoms with E-state index in [1.54, 1.807) is 5.01 Å². The minimum atomic E-state index is -0.495. The third-order valence-corrected chi connectivity index (χ3v) is 7.10. The van der Waals surface area contributed by atoms with Crippen LogP contribution in [-0.4, -0.2) is 67.7 Å². The largest absolute Gasteiger partial charge is 0.377 e. The standard InChI is InChI=1S/C31H40N10/c1-18(2)33-17-34-31-38-29(21-9-11-25-23(15-21)27(39(5)6)13-19(3)35-25)37-30(41(31)32)22-10-12-26-24(16-22)28(40(7)8)14-20(4)36-26/h9-16,18,30,33H,17,32H2,1-8H3,(H,34,37,38). The zero-order valence-electron chi connectivity index (χ0n) is 25.2. The van der Waals surface area contributed by atoms with Crippen LogP contribution in [0.2, 0.25) is 0 Å². The number of nitrogens with zero attached hydrogens (tertiary/aromatic N) is 7. The number of hydrogen-bond acceptors (Lipinski definition) is 10. The molecule has 41 heavy (non-hydrogen) atoms. The van der Waals surface area contributed by atoms with Crippen LogP contribution in [0.4, 0.5) is 11.4 Å². The molecule has 214 valence electrons. The lowest BCUT2D eigenvalue weighted by atomic mass is 10.0. The topological polar surface area (TPSA) is 110 Å². The number of aryl methyl sites for hydroxylation is 2. The maximum atomic E-state index is 6.71. The van der Waals surface area contributed by atoms with Gasteiger partial charge in [0.15, 0.2) is 12.0 Å². The van der Waals surface area contributed by atoms with E-state index in [1.807, 2.05) is 66.3 Å². The van der Waals surface area contributed by atoms with Crippen LogP contribution in [0, 0.1) is 13.8 Å². The maximum absolute atomic E-state index is 6.71. The first-order chi connectivity index (χ1) is 19.5. The summed E-state index contributed by atoms with van der Waals surface area (Å²) >= 11 is 0. The van der Waals surface area contributed by atoms with Gasteiger partial charge in [-0.1, -0.05) is 6.07 Å². The third kappa shape index (κ3) is 5.79. The number of guanidine groups is 1. The molecule has 0 bridgehead atoms. The Morgan fingerprint density at radius 3 is 2.02 bits per heavy atom. The molecule has 0 aliphatic carbocycles. The molecule has 1 aliphatic heterocycles. The van der Waals surface area contributed by atoms with Gasteiger partial charge in [-0.25, -0.2) is 10.8 Å². The molecule has 0 saturated carbocycles.